The summed E-state index contributed by atoms with van der Waals surface area (Å²) in [5, 5.41) is 0. The molecule has 1 aliphatic rings. The number of nitrogens with zero attached hydrogens (tertiary/aromatic N) is 1. The number of anilines is 1. The summed E-state index contributed by atoms with van der Waals surface area (Å²) in [4.78, 5) is 26.5. The molecule has 3 rings (SSSR count). The van der Waals surface area contributed by atoms with Crippen LogP contribution in [0, 0.1) is 5.92 Å². The van der Waals surface area contributed by atoms with Crippen molar-refractivity contribution in [2.24, 2.45) is 5.92 Å². The molecule has 1 aliphatic heterocycles. The highest BCUT2D eigenvalue weighted by Crippen LogP contribution is 2.34. The van der Waals surface area contributed by atoms with E-state index in [0.717, 1.165) is 12.0 Å². The number of hydrogen-bond acceptors (Lipinski definition) is 5. The Morgan fingerprint density at radius 1 is 1.12 bits per heavy atom. The van der Waals surface area contributed by atoms with E-state index in [1.54, 1.807) is 25.4 Å². The number of cyclic esters (lactones) is 1. The van der Waals surface area contributed by atoms with E-state index < -0.39 is 11.7 Å². The summed E-state index contributed by atoms with van der Waals surface area (Å²) < 4.78 is 16.0. The number of methoxy groups -OCH3 is 1. The van der Waals surface area contributed by atoms with Gasteiger partial charge in [-0.25, -0.2) is 4.79 Å². The topological polar surface area (TPSA) is 65.1 Å². The van der Waals surface area contributed by atoms with Gasteiger partial charge >= 0.3 is 12.1 Å². The van der Waals surface area contributed by atoms with Crippen LogP contribution in [0.3, 0.4) is 0 Å². The Morgan fingerprint density at radius 3 is 2.41 bits per heavy atom. The van der Waals surface area contributed by atoms with Gasteiger partial charge in [0.1, 0.15) is 11.4 Å². The summed E-state index contributed by atoms with van der Waals surface area (Å²) >= 11 is 0. The number of carbonyl (C=O) groups is 2. The van der Waals surface area contributed by atoms with Gasteiger partial charge in [-0.3, -0.25) is 9.69 Å². The third kappa shape index (κ3) is 6.36. The lowest BCUT2D eigenvalue weighted by Gasteiger charge is -2.29. The van der Waals surface area contributed by atoms with Crippen LogP contribution in [0.15, 0.2) is 66.9 Å². The molecule has 0 bridgehead atoms. The van der Waals surface area contributed by atoms with Crippen molar-refractivity contribution in [3.63, 3.8) is 0 Å². The van der Waals surface area contributed by atoms with Crippen LogP contribution in [-0.2, 0) is 14.3 Å². The van der Waals surface area contributed by atoms with Gasteiger partial charge in [0.2, 0.25) is 0 Å². The molecule has 6 nitrogen and oxygen atoms in total. The molecule has 2 aromatic rings. The number of esters is 1. The molecular weight excluding hydrogens is 406 g/mol. The molecule has 32 heavy (non-hydrogen) atoms. The van der Waals surface area contributed by atoms with Crippen molar-refractivity contribution in [1.82, 2.24) is 0 Å². The summed E-state index contributed by atoms with van der Waals surface area (Å²) in [7, 11) is 1.60. The van der Waals surface area contributed by atoms with Crippen molar-refractivity contribution in [2.45, 2.75) is 45.1 Å². The van der Waals surface area contributed by atoms with Crippen LogP contribution in [0.1, 0.15) is 45.1 Å². The molecule has 1 amide bonds. The van der Waals surface area contributed by atoms with E-state index in [-0.39, 0.29) is 17.8 Å². The van der Waals surface area contributed by atoms with Crippen molar-refractivity contribution in [1.29, 1.82) is 0 Å². The van der Waals surface area contributed by atoms with Crippen LogP contribution in [0.2, 0.25) is 0 Å². The van der Waals surface area contributed by atoms with Gasteiger partial charge in [-0.2, -0.15) is 0 Å². The van der Waals surface area contributed by atoms with E-state index in [1.165, 1.54) is 4.90 Å². The third-order valence-corrected chi connectivity index (χ3v) is 5.26. The molecule has 6 heteroatoms. The van der Waals surface area contributed by atoms with Crippen LogP contribution < -0.4 is 9.64 Å². The van der Waals surface area contributed by atoms with Gasteiger partial charge in [-0.05, 0) is 62.9 Å². The molecule has 0 aromatic heterocycles. The molecule has 0 aliphatic carbocycles. The number of rotatable bonds is 6. The van der Waals surface area contributed by atoms with Crippen LogP contribution in [0.5, 0.6) is 5.75 Å². The lowest BCUT2D eigenvalue weighted by molar-refractivity contribution is -0.149. The molecule has 2 aromatic carbocycles. The standard InChI is InChI=1S/C26H31NO5/c1-26(2,3)32-25(29)27(21-10-12-22(30-4)13-11-21)16-14-23(19-8-6-5-7-9-19)20-15-17-31-24(28)18-20/h5-14,16,20,23H,15,17-18H2,1-4H3/b16-14-/t20-,23-/m0/s1. The van der Waals surface area contributed by atoms with E-state index in [1.807, 2.05) is 69.3 Å². The van der Waals surface area contributed by atoms with Crippen molar-refractivity contribution >= 4 is 17.7 Å². The molecule has 170 valence electrons. The molecule has 0 N–H and O–H groups in total. The number of benzene rings is 2. The monoisotopic (exact) mass is 437 g/mol. The maximum absolute atomic E-state index is 13.0. The largest absolute Gasteiger partial charge is 0.497 e. The number of carbonyl (C=O) groups excluding carboxylic acids is 2. The summed E-state index contributed by atoms with van der Waals surface area (Å²) in [6.07, 6.45) is 4.36. The summed E-state index contributed by atoms with van der Waals surface area (Å²) in [6, 6.07) is 17.2. The average molecular weight is 438 g/mol. The fourth-order valence-electron chi connectivity index (χ4n) is 3.71. The van der Waals surface area contributed by atoms with Gasteiger partial charge in [0.15, 0.2) is 0 Å². The molecule has 0 spiro atoms. The Kier molecular flexibility index (Phi) is 7.57. The highest BCUT2D eigenvalue weighted by molar-refractivity contribution is 5.90. The number of hydrogen-bond donors (Lipinski definition) is 0. The smallest absolute Gasteiger partial charge is 0.418 e. The Labute approximate surface area is 189 Å². The Balaban J connectivity index is 1.95. The fraction of sp³-hybridized carbons (Fsp3) is 0.385. The summed E-state index contributed by atoms with van der Waals surface area (Å²) in [5.41, 5.74) is 1.11. The van der Waals surface area contributed by atoms with Gasteiger partial charge in [-0.15, -0.1) is 0 Å². The van der Waals surface area contributed by atoms with Crippen LogP contribution in [0.4, 0.5) is 10.5 Å². The minimum Gasteiger partial charge on any atom is -0.497 e. The van der Waals surface area contributed by atoms with E-state index in [0.29, 0.717) is 24.5 Å². The van der Waals surface area contributed by atoms with Gasteiger partial charge in [0, 0.05) is 18.5 Å². The number of allylic oxidation sites excluding steroid dienone is 1. The quantitative estimate of drug-likeness (QED) is 0.544. The lowest BCUT2D eigenvalue weighted by atomic mass is 9.81. The maximum Gasteiger partial charge on any atom is 0.418 e. The van der Waals surface area contributed by atoms with E-state index in [9.17, 15) is 9.59 Å². The minimum absolute atomic E-state index is 0.0489. The lowest BCUT2D eigenvalue weighted by Crippen LogP contribution is -2.34. The van der Waals surface area contributed by atoms with E-state index >= 15 is 0 Å². The molecule has 2 atom stereocenters. The van der Waals surface area contributed by atoms with Gasteiger partial charge in [0.25, 0.3) is 0 Å². The Morgan fingerprint density at radius 2 is 1.81 bits per heavy atom. The molecule has 0 saturated carbocycles. The highest BCUT2D eigenvalue weighted by atomic mass is 16.6. The van der Waals surface area contributed by atoms with Crippen molar-refractivity contribution < 1.29 is 23.8 Å². The SMILES string of the molecule is COc1ccc(N(/C=C\[C@@H](c2ccccc2)[C@H]2CCOC(=O)C2)C(=O)OC(C)(C)C)cc1. The maximum atomic E-state index is 13.0. The second-order valence-electron chi connectivity index (χ2n) is 8.80. The molecular formula is C26H31NO5. The normalized spacial score (nSPS) is 17.5. The molecule has 1 fully saturated rings. The van der Waals surface area contributed by atoms with E-state index in [2.05, 4.69) is 0 Å². The first-order valence-electron chi connectivity index (χ1n) is 10.8. The zero-order chi connectivity index (χ0) is 23.1. The predicted molar refractivity (Wildman–Crippen MR) is 124 cm³/mol. The van der Waals surface area contributed by atoms with Gasteiger partial charge in [-0.1, -0.05) is 36.4 Å². The second-order valence-corrected chi connectivity index (χ2v) is 8.80. The predicted octanol–water partition coefficient (Wildman–Crippen LogP) is 5.69. The molecule has 1 heterocycles. The summed E-state index contributed by atoms with van der Waals surface area (Å²) in [6.45, 7) is 5.92. The summed E-state index contributed by atoms with van der Waals surface area (Å²) in [5.74, 6) is 0.554. The third-order valence-electron chi connectivity index (χ3n) is 5.26. The van der Waals surface area contributed by atoms with Crippen molar-refractivity contribution in [3.8, 4) is 5.75 Å². The fourth-order valence-corrected chi connectivity index (χ4v) is 3.71. The van der Waals surface area contributed by atoms with Crippen LogP contribution in [0.25, 0.3) is 0 Å². The average Bonchev–Trinajstić information content (AvgIpc) is 2.76. The highest BCUT2D eigenvalue weighted by Gasteiger charge is 2.29. The van der Waals surface area contributed by atoms with Gasteiger partial charge < -0.3 is 14.2 Å². The van der Waals surface area contributed by atoms with Crippen LogP contribution in [-0.4, -0.2) is 31.4 Å². The zero-order valence-corrected chi connectivity index (χ0v) is 19.1. The first-order chi connectivity index (χ1) is 15.3. The number of ether oxygens (including phenoxy) is 3. The van der Waals surface area contributed by atoms with Crippen molar-refractivity contribution in [3.05, 3.63) is 72.4 Å². The second kappa shape index (κ2) is 10.4. The number of amides is 1. The molecule has 1 saturated heterocycles. The molecule has 0 radical (unpaired) electrons. The van der Waals surface area contributed by atoms with E-state index in [4.69, 9.17) is 14.2 Å². The molecule has 0 unspecified atom stereocenters. The first kappa shape index (κ1) is 23.4. The first-order valence-corrected chi connectivity index (χ1v) is 10.8. The Bertz CT molecular complexity index is 931. The van der Waals surface area contributed by atoms with Crippen molar-refractivity contribution in [2.75, 3.05) is 18.6 Å². The minimum atomic E-state index is -0.637. The van der Waals surface area contributed by atoms with Gasteiger partial charge in [0.05, 0.1) is 19.4 Å². The zero-order valence-electron chi connectivity index (χ0n) is 19.1. The Hall–Kier alpha value is -3.28. The van der Waals surface area contributed by atoms with Crippen LogP contribution >= 0.6 is 0 Å².